The number of hydrazine groups is 1. The number of aliphatic carboxylic acids is 1. The summed E-state index contributed by atoms with van der Waals surface area (Å²) in [4.78, 5) is 10.9. The normalized spacial score (nSPS) is 16.1. The topological polar surface area (TPSA) is 120 Å². The van der Waals surface area contributed by atoms with E-state index < -0.39 is 11.7 Å². The van der Waals surface area contributed by atoms with Crippen LogP contribution in [0.2, 0.25) is 5.02 Å². The maximum absolute atomic E-state index is 10.9. The van der Waals surface area contributed by atoms with Crippen molar-refractivity contribution < 1.29 is 19.4 Å². The molecule has 0 aromatic heterocycles. The minimum Gasteiger partial charge on any atom is -0.489 e. The number of hydrogen-bond acceptors (Lipinski definition) is 6. The Labute approximate surface area is 132 Å². The zero-order chi connectivity index (χ0) is 16.1. The third-order valence-electron chi connectivity index (χ3n) is 3.33. The zero-order valence-corrected chi connectivity index (χ0v) is 12.6. The smallest absolute Gasteiger partial charge is 0.358 e. The molecule has 0 amide bonds. The first-order valence-electron chi connectivity index (χ1n) is 6.85. The first-order chi connectivity index (χ1) is 10.5. The van der Waals surface area contributed by atoms with Crippen molar-refractivity contribution in [3.05, 3.63) is 34.8 Å². The van der Waals surface area contributed by atoms with Gasteiger partial charge in [0.15, 0.2) is 5.70 Å². The molecule has 0 heterocycles. The number of nitrogens with one attached hydrogen (secondary N) is 1. The Kier molecular flexibility index (Phi) is 5.35. The number of carbonyl (C=O) groups is 1. The number of benzene rings is 1. The van der Waals surface area contributed by atoms with Crippen LogP contribution in [0.25, 0.3) is 0 Å². The molecule has 0 atom stereocenters. The monoisotopic (exact) mass is 327 g/mol. The number of halogens is 1. The summed E-state index contributed by atoms with van der Waals surface area (Å²) in [6.45, 7) is 0. The molecule has 2 rings (SSSR count). The summed E-state index contributed by atoms with van der Waals surface area (Å²) >= 11 is 6.10. The van der Waals surface area contributed by atoms with E-state index in [1.165, 1.54) is 0 Å². The van der Waals surface area contributed by atoms with Gasteiger partial charge >= 0.3 is 5.97 Å². The molecule has 8 heteroatoms. The van der Waals surface area contributed by atoms with Gasteiger partial charge in [0.2, 0.25) is 5.88 Å². The van der Waals surface area contributed by atoms with Gasteiger partial charge in [0.05, 0.1) is 11.1 Å². The Morgan fingerprint density at radius 2 is 2.05 bits per heavy atom. The first kappa shape index (κ1) is 16.3. The zero-order valence-electron chi connectivity index (χ0n) is 11.8. The second-order valence-electron chi connectivity index (χ2n) is 4.91. The highest BCUT2D eigenvalue weighted by molar-refractivity contribution is 6.32. The summed E-state index contributed by atoms with van der Waals surface area (Å²) in [5.41, 5.74) is 7.12. The molecule has 7 nitrogen and oxygen atoms in total. The maximum Gasteiger partial charge on any atom is 0.358 e. The highest BCUT2D eigenvalue weighted by Gasteiger charge is 2.19. The Hall–Kier alpha value is -2.12. The minimum atomic E-state index is -1.32. The average Bonchev–Trinajstić information content (AvgIpc) is 2.96. The van der Waals surface area contributed by atoms with Crippen molar-refractivity contribution in [3.8, 4) is 11.5 Å². The molecule has 0 unspecified atom stereocenters. The van der Waals surface area contributed by atoms with Crippen molar-refractivity contribution in [2.24, 2.45) is 11.6 Å². The summed E-state index contributed by atoms with van der Waals surface area (Å²) in [6.07, 6.45) is 4.39. The summed E-state index contributed by atoms with van der Waals surface area (Å²) in [5.74, 6) is 4.21. The van der Waals surface area contributed by atoms with Crippen molar-refractivity contribution in [2.45, 2.75) is 31.8 Å². The van der Waals surface area contributed by atoms with Gasteiger partial charge in [0.1, 0.15) is 11.5 Å². The van der Waals surface area contributed by atoms with E-state index in [4.69, 9.17) is 37.8 Å². The molecular weight excluding hydrogens is 310 g/mol. The lowest BCUT2D eigenvalue weighted by Crippen LogP contribution is -2.31. The molecule has 6 N–H and O–H groups in total. The molecular formula is C14H18ClN3O4. The lowest BCUT2D eigenvalue weighted by atomic mass is 10.3. The number of rotatable bonds is 6. The van der Waals surface area contributed by atoms with Crippen LogP contribution >= 0.6 is 11.6 Å². The summed E-state index contributed by atoms with van der Waals surface area (Å²) in [6, 6.07) is 4.74. The Morgan fingerprint density at radius 3 is 2.64 bits per heavy atom. The lowest BCUT2D eigenvalue weighted by molar-refractivity contribution is -0.133. The molecule has 0 spiro atoms. The van der Waals surface area contributed by atoms with E-state index in [-0.39, 0.29) is 12.0 Å². The minimum absolute atomic E-state index is 0.140. The Morgan fingerprint density at radius 1 is 1.36 bits per heavy atom. The largest absolute Gasteiger partial charge is 0.489 e. The van der Waals surface area contributed by atoms with Crippen molar-refractivity contribution in [1.29, 1.82) is 0 Å². The van der Waals surface area contributed by atoms with Gasteiger partial charge in [-0.2, -0.15) is 0 Å². The quantitative estimate of drug-likeness (QED) is 0.272. The van der Waals surface area contributed by atoms with Crippen LogP contribution in [-0.4, -0.2) is 17.2 Å². The molecule has 1 saturated carbocycles. The molecule has 0 aliphatic heterocycles. The van der Waals surface area contributed by atoms with Crippen molar-refractivity contribution >= 4 is 17.6 Å². The lowest BCUT2D eigenvalue weighted by Gasteiger charge is -2.16. The van der Waals surface area contributed by atoms with E-state index >= 15 is 0 Å². The summed E-state index contributed by atoms with van der Waals surface area (Å²) in [7, 11) is 0. The van der Waals surface area contributed by atoms with Gasteiger partial charge in [-0.25, -0.2) is 4.79 Å². The van der Waals surface area contributed by atoms with Crippen LogP contribution in [-0.2, 0) is 4.79 Å². The van der Waals surface area contributed by atoms with E-state index in [9.17, 15) is 4.79 Å². The third-order valence-corrected chi connectivity index (χ3v) is 3.64. The maximum atomic E-state index is 10.9. The first-order valence-corrected chi connectivity index (χ1v) is 7.22. The molecule has 1 aliphatic carbocycles. The second-order valence-corrected chi connectivity index (χ2v) is 5.31. The predicted octanol–water partition coefficient (Wildman–Crippen LogP) is 1.72. The summed E-state index contributed by atoms with van der Waals surface area (Å²) < 4.78 is 11.1. The van der Waals surface area contributed by atoms with E-state index in [1.54, 1.807) is 18.2 Å². The fourth-order valence-electron chi connectivity index (χ4n) is 2.24. The van der Waals surface area contributed by atoms with Gasteiger partial charge in [-0.1, -0.05) is 11.6 Å². The van der Waals surface area contributed by atoms with Gasteiger partial charge in [0.25, 0.3) is 0 Å². The molecule has 1 aromatic carbocycles. The molecule has 0 bridgehead atoms. The highest BCUT2D eigenvalue weighted by atomic mass is 35.5. The van der Waals surface area contributed by atoms with Crippen molar-refractivity contribution in [3.63, 3.8) is 0 Å². The number of nitrogens with two attached hydrogens (primary N) is 2. The third kappa shape index (κ3) is 3.96. The average molecular weight is 328 g/mol. The predicted molar refractivity (Wildman–Crippen MR) is 81.1 cm³/mol. The standard InChI is InChI=1S/C14H18ClN3O4/c15-10-6-5-9(22-13(16)12(18-17)14(19)20)7-11(10)21-8-3-1-2-4-8/h5-8,18H,1-4,16-17H2,(H,19,20)/b13-12+. The molecule has 0 radical (unpaired) electrons. The van der Waals surface area contributed by atoms with Gasteiger partial charge in [0, 0.05) is 6.07 Å². The number of carboxylic acids is 1. The fraction of sp³-hybridized carbons (Fsp3) is 0.357. The highest BCUT2D eigenvalue weighted by Crippen LogP contribution is 2.33. The van der Waals surface area contributed by atoms with Crippen molar-refractivity contribution in [2.75, 3.05) is 0 Å². The fourth-order valence-corrected chi connectivity index (χ4v) is 2.40. The Bertz CT molecular complexity index is 585. The van der Waals surface area contributed by atoms with Crippen LogP contribution in [0, 0.1) is 0 Å². The molecule has 1 aromatic rings. The number of ether oxygens (including phenoxy) is 2. The van der Waals surface area contributed by atoms with Crippen LogP contribution in [0.15, 0.2) is 29.8 Å². The number of hydrogen-bond donors (Lipinski definition) is 4. The van der Waals surface area contributed by atoms with E-state index in [1.807, 2.05) is 5.43 Å². The van der Waals surface area contributed by atoms with Gasteiger partial charge in [-0.15, -0.1) is 0 Å². The Balaban J connectivity index is 2.16. The van der Waals surface area contributed by atoms with Gasteiger partial charge < -0.3 is 25.7 Å². The van der Waals surface area contributed by atoms with Crippen LogP contribution < -0.4 is 26.5 Å². The van der Waals surface area contributed by atoms with E-state index in [0.29, 0.717) is 16.5 Å². The summed E-state index contributed by atoms with van der Waals surface area (Å²) in [5, 5.41) is 9.36. The van der Waals surface area contributed by atoms with Crippen LogP contribution in [0.4, 0.5) is 0 Å². The second kappa shape index (κ2) is 7.24. The molecule has 0 saturated heterocycles. The molecule has 1 aliphatic rings. The molecule has 1 fully saturated rings. The van der Waals surface area contributed by atoms with Gasteiger partial charge in [-0.3, -0.25) is 5.84 Å². The number of carboxylic acid groups (broad SMARTS) is 1. The van der Waals surface area contributed by atoms with Crippen molar-refractivity contribution in [1.82, 2.24) is 5.43 Å². The van der Waals surface area contributed by atoms with E-state index in [0.717, 1.165) is 25.7 Å². The van der Waals surface area contributed by atoms with Crippen LogP contribution in [0.5, 0.6) is 11.5 Å². The van der Waals surface area contributed by atoms with Crippen LogP contribution in [0.1, 0.15) is 25.7 Å². The van der Waals surface area contributed by atoms with Crippen LogP contribution in [0.3, 0.4) is 0 Å². The molecule has 120 valence electrons. The molecule has 22 heavy (non-hydrogen) atoms. The SMILES string of the molecule is NN/C(C(=O)O)=C(\N)Oc1ccc(Cl)c(OC2CCCC2)c1. The van der Waals surface area contributed by atoms with Gasteiger partial charge in [-0.05, 0) is 37.8 Å². The van der Waals surface area contributed by atoms with E-state index in [2.05, 4.69) is 0 Å².